The minimum Gasteiger partial charge on any atom is -0.494 e. The summed E-state index contributed by atoms with van der Waals surface area (Å²) < 4.78 is 33.1. The van der Waals surface area contributed by atoms with Crippen LogP contribution in [0.1, 0.15) is 53.7 Å². The average Bonchev–Trinajstić information content (AvgIpc) is 2.81. The zero-order valence-corrected chi connectivity index (χ0v) is 18.2. The van der Waals surface area contributed by atoms with E-state index in [1.54, 1.807) is 12.3 Å². The Morgan fingerprint density at radius 3 is 2.55 bits per heavy atom. The molecule has 10 heteroatoms. The Hall–Kier alpha value is -3.66. The Balaban J connectivity index is 2.17. The van der Waals surface area contributed by atoms with E-state index in [0.29, 0.717) is 6.42 Å². The number of amides is 1. The van der Waals surface area contributed by atoms with Gasteiger partial charge in [-0.25, -0.2) is 13.8 Å². The van der Waals surface area contributed by atoms with Gasteiger partial charge in [0.25, 0.3) is 17.9 Å². The van der Waals surface area contributed by atoms with Crippen molar-refractivity contribution >= 4 is 5.91 Å². The van der Waals surface area contributed by atoms with Gasteiger partial charge in [-0.3, -0.25) is 19.1 Å². The van der Waals surface area contributed by atoms with E-state index in [1.165, 1.54) is 30.0 Å². The van der Waals surface area contributed by atoms with Crippen LogP contribution in [0.4, 0.5) is 8.78 Å². The molecule has 174 valence electrons. The molecular formula is C23H24F2N4O4. The Labute approximate surface area is 188 Å². The maximum absolute atomic E-state index is 13.3. The molecule has 3 rings (SSSR count). The number of methoxy groups -OCH3 is 1. The van der Waals surface area contributed by atoms with Crippen LogP contribution in [0.2, 0.25) is 0 Å². The molecule has 0 aliphatic carbocycles. The standard InChI is InChI=1S/C23H24F2N4O4/c1-3-13(5-7-30)14-4-6-29(21(31)8-14)20-10-15(17(11-28-20)23(26)32)16-9-18(22(24)25)27-12-19(16)33-2/h4,6,8-13,22,30H,3,5,7H2,1-2H3,(H2,26,32). The second-order valence-corrected chi connectivity index (χ2v) is 7.35. The molecule has 0 aliphatic heterocycles. The number of nitrogens with two attached hydrogens (primary N) is 1. The first-order valence-corrected chi connectivity index (χ1v) is 10.3. The van der Waals surface area contributed by atoms with Crippen LogP contribution in [-0.2, 0) is 0 Å². The van der Waals surface area contributed by atoms with Gasteiger partial charge in [0, 0.05) is 36.2 Å². The number of aromatic nitrogens is 3. The summed E-state index contributed by atoms with van der Waals surface area (Å²) in [5.41, 5.74) is 5.72. The normalized spacial score (nSPS) is 12.1. The Morgan fingerprint density at radius 1 is 1.21 bits per heavy atom. The molecule has 0 aliphatic rings. The molecule has 0 bridgehead atoms. The highest BCUT2D eigenvalue weighted by Crippen LogP contribution is 2.35. The fourth-order valence-corrected chi connectivity index (χ4v) is 3.65. The van der Waals surface area contributed by atoms with Gasteiger partial charge in [-0.05, 0) is 42.5 Å². The largest absolute Gasteiger partial charge is 0.494 e. The van der Waals surface area contributed by atoms with Crippen LogP contribution in [0.25, 0.3) is 16.9 Å². The minimum atomic E-state index is -2.84. The molecule has 0 spiro atoms. The summed E-state index contributed by atoms with van der Waals surface area (Å²) >= 11 is 0. The SMILES string of the molecule is CCC(CCO)c1ccn(-c2cc(-c3cc(C(F)F)ncc3OC)c(C(N)=O)cn2)c(=O)c1. The van der Waals surface area contributed by atoms with Crippen molar-refractivity contribution < 1.29 is 23.4 Å². The smallest absolute Gasteiger partial charge is 0.280 e. The van der Waals surface area contributed by atoms with E-state index in [4.69, 9.17) is 10.5 Å². The molecule has 0 radical (unpaired) electrons. The Bertz CT molecular complexity index is 1210. The van der Waals surface area contributed by atoms with Crippen molar-refractivity contribution in [2.24, 2.45) is 5.73 Å². The summed E-state index contributed by atoms with van der Waals surface area (Å²) in [6.07, 6.45) is 2.32. The third kappa shape index (κ3) is 5.06. The number of hydrogen-bond donors (Lipinski definition) is 2. The first-order valence-electron chi connectivity index (χ1n) is 10.3. The molecule has 0 saturated heterocycles. The number of hydrogen-bond acceptors (Lipinski definition) is 6. The van der Waals surface area contributed by atoms with Crippen LogP contribution in [-0.4, -0.2) is 39.3 Å². The van der Waals surface area contributed by atoms with Gasteiger partial charge < -0.3 is 15.6 Å². The van der Waals surface area contributed by atoms with E-state index in [0.717, 1.165) is 24.2 Å². The molecule has 8 nitrogen and oxygen atoms in total. The van der Waals surface area contributed by atoms with Gasteiger partial charge in [0.1, 0.15) is 17.3 Å². The van der Waals surface area contributed by atoms with Crippen molar-refractivity contribution in [3.8, 4) is 22.7 Å². The highest BCUT2D eigenvalue weighted by molar-refractivity contribution is 6.00. The van der Waals surface area contributed by atoms with Gasteiger partial charge >= 0.3 is 0 Å². The van der Waals surface area contributed by atoms with E-state index < -0.39 is 18.0 Å². The van der Waals surface area contributed by atoms with Crippen molar-refractivity contribution in [3.05, 3.63) is 70.0 Å². The van der Waals surface area contributed by atoms with Crippen molar-refractivity contribution in [2.45, 2.75) is 32.1 Å². The van der Waals surface area contributed by atoms with Crippen LogP contribution in [0, 0.1) is 0 Å². The molecule has 1 amide bonds. The first-order chi connectivity index (χ1) is 15.8. The minimum absolute atomic E-state index is 0.00938. The van der Waals surface area contributed by atoms with Gasteiger partial charge in [0.15, 0.2) is 0 Å². The summed E-state index contributed by atoms with van der Waals surface area (Å²) in [6.45, 7) is 1.98. The lowest BCUT2D eigenvalue weighted by atomic mass is 9.94. The van der Waals surface area contributed by atoms with Crippen LogP contribution in [0.3, 0.4) is 0 Å². The van der Waals surface area contributed by atoms with Crippen molar-refractivity contribution in [3.63, 3.8) is 0 Å². The number of nitrogens with zero attached hydrogens (tertiary/aromatic N) is 3. The van der Waals surface area contributed by atoms with Crippen molar-refractivity contribution in [2.75, 3.05) is 13.7 Å². The number of primary amides is 1. The Kier molecular flexibility index (Phi) is 7.49. The number of carbonyl (C=O) groups excluding carboxylic acids is 1. The number of rotatable bonds is 9. The molecule has 3 aromatic rings. The monoisotopic (exact) mass is 458 g/mol. The first kappa shape index (κ1) is 24.0. The van der Waals surface area contributed by atoms with E-state index in [9.17, 15) is 23.5 Å². The summed E-state index contributed by atoms with van der Waals surface area (Å²) in [7, 11) is 1.34. The van der Waals surface area contributed by atoms with Crippen molar-refractivity contribution in [1.29, 1.82) is 0 Å². The molecule has 3 N–H and O–H groups in total. The quantitative estimate of drug-likeness (QED) is 0.508. The lowest BCUT2D eigenvalue weighted by molar-refractivity contribution is 0.100. The van der Waals surface area contributed by atoms with E-state index in [-0.39, 0.29) is 46.3 Å². The summed E-state index contributed by atoms with van der Waals surface area (Å²) in [6, 6.07) is 5.76. The molecule has 0 fully saturated rings. The highest BCUT2D eigenvalue weighted by Gasteiger charge is 2.20. The number of ether oxygens (including phenoxy) is 1. The van der Waals surface area contributed by atoms with Crippen LogP contribution < -0.4 is 16.0 Å². The maximum Gasteiger partial charge on any atom is 0.280 e. The predicted molar refractivity (Wildman–Crippen MR) is 118 cm³/mol. The molecule has 33 heavy (non-hydrogen) atoms. The second kappa shape index (κ2) is 10.3. The van der Waals surface area contributed by atoms with Gasteiger partial charge in [-0.15, -0.1) is 0 Å². The van der Waals surface area contributed by atoms with Crippen molar-refractivity contribution in [1.82, 2.24) is 14.5 Å². The third-order valence-corrected chi connectivity index (χ3v) is 5.41. The fourth-order valence-electron chi connectivity index (χ4n) is 3.65. The van der Waals surface area contributed by atoms with Crippen LogP contribution in [0.5, 0.6) is 5.75 Å². The second-order valence-electron chi connectivity index (χ2n) is 7.35. The zero-order chi connectivity index (χ0) is 24.1. The van der Waals surface area contributed by atoms with Gasteiger partial charge in [-0.1, -0.05) is 6.92 Å². The summed E-state index contributed by atoms with van der Waals surface area (Å²) in [5, 5.41) is 9.24. The summed E-state index contributed by atoms with van der Waals surface area (Å²) in [4.78, 5) is 32.7. The summed E-state index contributed by atoms with van der Waals surface area (Å²) in [5.74, 6) is -0.471. The van der Waals surface area contributed by atoms with Crippen LogP contribution in [0.15, 0.2) is 47.7 Å². The predicted octanol–water partition coefficient (Wildman–Crippen LogP) is 3.22. The number of aliphatic hydroxyl groups excluding tert-OH is 1. The lowest BCUT2D eigenvalue weighted by Gasteiger charge is -2.16. The van der Waals surface area contributed by atoms with Gasteiger partial charge in [0.05, 0.1) is 18.9 Å². The molecule has 1 unspecified atom stereocenters. The highest BCUT2D eigenvalue weighted by atomic mass is 19.3. The fraction of sp³-hybridized carbons (Fsp3) is 0.304. The maximum atomic E-state index is 13.3. The number of carbonyl (C=O) groups is 1. The Morgan fingerprint density at radius 2 is 1.97 bits per heavy atom. The number of alkyl halides is 2. The van der Waals surface area contributed by atoms with Gasteiger partial charge in [-0.2, -0.15) is 0 Å². The van der Waals surface area contributed by atoms with E-state index >= 15 is 0 Å². The molecular weight excluding hydrogens is 434 g/mol. The van der Waals surface area contributed by atoms with Gasteiger partial charge in [0.2, 0.25) is 0 Å². The zero-order valence-electron chi connectivity index (χ0n) is 18.2. The molecule has 1 atom stereocenters. The molecule has 0 saturated carbocycles. The molecule has 3 heterocycles. The number of aliphatic hydroxyl groups is 1. The third-order valence-electron chi connectivity index (χ3n) is 5.41. The molecule has 0 aromatic carbocycles. The molecule has 3 aromatic heterocycles. The number of pyridine rings is 3. The van der Waals surface area contributed by atoms with E-state index in [1.807, 2.05) is 6.92 Å². The lowest BCUT2D eigenvalue weighted by Crippen LogP contribution is -2.20. The topological polar surface area (TPSA) is 120 Å². The number of halogens is 2. The average molecular weight is 458 g/mol. The van der Waals surface area contributed by atoms with Crippen LogP contribution >= 0.6 is 0 Å². The van der Waals surface area contributed by atoms with E-state index in [2.05, 4.69) is 9.97 Å².